The number of nitrogens with zero attached hydrogens (tertiary/aromatic N) is 2. The Morgan fingerprint density at radius 3 is 2.63 bits per heavy atom. The minimum Gasteiger partial charge on any atom is -0.384 e. The fraction of sp³-hybridized carbons (Fsp3) is 0.154. The Bertz CT molecular complexity index is 554. The molecule has 0 spiro atoms. The van der Waals surface area contributed by atoms with Crippen LogP contribution in [-0.4, -0.2) is 22.4 Å². The minimum absolute atomic E-state index is 0.271. The second kappa shape index (κ2) is 5.90. The molecule has 0 radical (unpaired) electrons. The van der Waals surface area contributed by atoms with Crippen LogP contribution >= 0.6 is 0 Å². The van der Waals surface area contributed by atoms with Crippen LogP contribution in [0.15, 0.2) is 36.7 Å². The molecule has 2 rings (SSSR count). The summed E-state index contributed by atoms with van der Waals surface area (Å²) in [6, 6.07) is 5.99. The molecule has 1 amide bonds. The monoisotopic (exact) mass is 260 g/mol. The van der Waals surface area contributed by atoms with E-state index in [9.17, 15) is 9.18 Å². The molecule has 0 aliphatic heterocycles. The normalized spacial score (nSPS) is 10.0. The molecule has 6 heteroatoms. The Morgan fingerprint density at radius 2 is 2.05 bits per heavy atom. The van der Waals surface area contributed by atoms with Crippen LogP contribution in [0, 0.1) is 5.82 Å². The number of rotatable bonds is 4. The van der Waals surface area contributed by atoms with E-state index < -0.39 is 5.82 Å². The van der Waals surface area contributed by atoms with Gasteiger partial charge in [-0.3, -0.25) is 4.79 Å². The summed E-state index contributed by atoms with van der Waals surface area (Å²) in [6.45, 7) is 2.76. The van der Waals surface area contributed by atoms with Crippen LogP contribution < -0.4 is 10.6 Å². The number of hydrogen-bond donors (Lipinski definition) is 2. The van der Waals surface area contributed by atoms with E-state index in [1.165, 1.54) is 12.1 Å². The number of pyridine rings is 2. The van der Waals surface area contributed by atoms with E-state index in [-0.39, 0.29) is 17.4 Å². The predicted octanol–water partition coefficient (Wildman–Crippen LogP) is 2.30. The Balaban J connectivity index is 2.05. The van der Waals surface area contributed by atoms with Crippen molar-refractivity contribution in [1.82, 2.24) is 9.97 Å². The summed E-state index contributed by atoms with van der Waals surface area (Å²) in [5.74, 6) is -0.558. The van der Waals surface area contributed by atoms with E-state index in [1.54, 1.807) is 18.3 Å². The summed E-state index contributed by atoms with van der Waals surface area (Å²) >= 11 is 0. The molecule has 0 aromatic carbocycles. The van der Waals surface area contributed by atoms with Crippen LogP contribution in [0.3, 0.4) is 0 Å². The van der Waals surface area contributed by atoms with E-state index >= 15 is 0 Å². The van der Waals surface area contributed by atoms with Crippen molar-refractivity contribution in [2.45, 2.75) is 6.92 Å². The molecule has 0 saturated heterocycles. The lowest BCUT2D eigenvalue weighted by molar-refractivity contribution is 0.102. The van der Waals surface area contributed by atoms with Crippen LogP contribution in [0.4, 0.5) is 15.9 Å². The van der Waals surface area contributed by atoms with Gasteiger partial charge in [0.05, 0.1) is 18.1 Å². The van der Waals surface area contributed by atoms with Crippen molar-refractivity contribution in [2.75, 3.05) is 17.2 Å². The molecular weight excluding hydrogens is 247 g/mol. The first-order valence-corrected chi connectivity index (χ1v) is 5.82. The number of nitrogens with one attached hydrogen (secondary N) is 2. The van der Waals surface area contributed by atoms with Gasteiger partial charge in [-0.15, -0.1) is 0 Å². The molecule has 2 N–H and O–H groups in total. The maximum Gasteiger partial charge on any atom is 0.275 e. The van der Waals surface area contributed by atoms with Crippen molar-refractivity contribution >= 4 is 17.4 Å². The lowest BCUT2D eigenvalue weighted by atomic mass is 10.3. The Kier molecular flexibility index (Phi) is 4.02. The molecular formula is C13H13FN4O. The van der Waals surface area contributed by atoms with Gasteiger partial charge < -0.3 is 10.6 Å². The summed E-state index contributed by atoms with van der Waals surface area (Å²) < 4.78 is 12.7. The van der Waals surface area contributed by atoms with Crippen molar-refractivity contribution in [2.24, 2.45) is 0 Å². The molecule has 98 valence electrons. The van der Waals surface area contributed by atoms with Crippen molar-refractivity contribution < 1.29 is 9.18 Å². The van der Waals surface area contributed by atoms with Gasteiger partial charge in [0.15, 0.2) is 0 Å². The van der Waals surface area contributed by atoms with E-state index in [0.29, 0.717) is 0 Å². The first kappa shape index (κ1) is 12.9. The molecule has 0 aliphatic carbocycles. The smallest absolute Gasteiger partial charge is 0.275 e. The Labute approximate surface area is 109 Å². The lowest BCUT2D eigenvalue weighted by Gasteiger charge is -2.05. The maximum absolute atomic E-state index is 12.7. The second-order valence-corrected chi connectivity index (χ2v) is 3.78. The molecule has 0 bridgehead atoms. The highest BCUT2D eigenvalue weighted by atomic mass is 19.1. The fourth-order valence-corrected chi connectivity index (χ4v) is 1.47. The van der Waals surface area contributed by atoms with E-state index in [1.807, 2.05) is 6.92 Å². The minimum atomic E-state index is -0.453. The van der Waals surface area contributed by atoms with Crippen LogP contribution in [0.1, 0.15) is 17.4 Å². The SMILES string of the molecule is CCNc1ccc(C(=O)Nc2ccc(F)cn2)nc1. The molecule has 0 aliphatic rings. The molecule has 5 nitrogen and oxygen atoms in total. The molecule has 0 atom stereocenters. The molecule has 0 unspecified atom stereocenters. The van der Waals surface area contributed by atoms with Gasteiger partial charge in [-0.1, -0.05) is 0 Å². The van der Waals surface area contributed by atoms with Crippen LogP contribution in [0.2, 0.25) is 0 Å². The highest BCUT2D eigenvalue weighted by Crippen LogP contribution is 2.08. The number of carbonyl (C=O) groups is 1. The average Bonchev–Trinajstić information content (AvgIpc) is 2.42. The number of hydrogen-bond acceptors (Lipinski definition) is 4. The number of carbonyl (C=O) groups excluding carboxylic acids is 1. The highest BCUT2D eigenvalue weighted by Gasteiger charge is 2.08. The van der Waals surface area contributed by atoms with Gasteiger partial charge in [0.2, 0.25) is 0 Å². The largest absolute Gasteiger partial charge is 0.384 e. The van der Waals surface area contributed by atoms with E-state index in [0.717, 1.165) is 18.4 Å². The third-order valence-electron chi connectivity index (χ3n) is 2.35. The molecule has 19 heavy (non-hydrogen) atoms. The topological polar surface area (TPSA) is 66.9 Å². The average molecular weight is 260 g/mol. The zero-order valence-electron chi connectivity index (χ0n) is 10.4. The van der Waals surface area contributed by atoms with E-state index in [2.05, 4.69) is 20.6 Å². The quantitative estimate of drug-likeness (QED) is 0.885. The summed E-state index contributed by atoms with van der Waals surface area (Å²) in [5, 5.41) is 5.62. The number of amides is 1. The van der Waals surface area contributed by atoms with Crippen molar-refractivity contribution in [3.63, 3.8) is 0 Å². The highest BCUT2D eigenvalue weighted by molar-refractivity contribution is 6.02. The summed E-state index contributed by atoms with van der Waals surface area (Å²) in [6.07, 6.45) is 2.62. The van der Waals surface area contributed by atoms with Crippen LogP contribution in [0.5, 0.6) is 0 Å². The molecule has 0 fully saturated rings. The maximum atomic E-state index is 12.7. The fourth-order valence-electron chi connectivity index (χ4n) is 1.47. The number of anilines is 2. The van der Waals surface area contributed by atoms with Crippen LogP contribution in [0.25, 0.3) is 0 Å². The summed E-state index contributed by atoms with van der Waals surface area (Å²) in [5.41, 5.74) is 1.12. The van der Waals surface area contributed by atoms with Gasteiger partial charge in [0.1, 0.15) is 17.3 Å². The van der Waals surface area contributed by atoms with Gasteiger partial charge >= 0.3 is 0 Å². The van der Waals surface area contributed by atoms with E-state index in [4.69, 9.17) is 0 Å². The van der Waals surface area contributed by atoms with Gasteiger partial charge in [-0.2, -0.15) is 0 Å². The number of halogens is 1. The first-order chi connectivity index (χ1) is 9.19. The Morgan fingerprint density at radius 1 is 1.21 bits per heavy atom. The standard InChI is InChI=1S/C13H13FN4O/c1-2-15-10-4-5-11(16-8-10)13(19)18-12-6-3-9(14)7-17-12/h3-8,15H,2H2,1H3,(H,17,18,19). The third kappa shape index (κ3) is 3.48. The van der Waals surface area contributed by atoms with Crippen molar-refractivity contribution in [3.8, 4) is 0 Å². The van der Waals surface area contributed by atoms with Gasteiger partial charge in [0, 0.05) is 6.54 Å². The Hall–Kier alpha value is -2.50. The van der Waals surface area contributed by atoms with Gasteiger partial charge in [-0.05, 0) is 31.2 Å². The number of aromatic nitrogens is 2. The molecule has 0 saturated carbocycles. The van der Waals surface area contributed by atoms with Gasteiger partial charge in [-0.25, -0.2) is 14.4 Å². The van der Waals surface area contributed by atoms with Crippen molar-refractivity contribution in [1.29, 1.82) is 0 Å². The van der Waals surface area contributed by atoms with Gasteiger partial charge in [0.25, 0.3) is 5.91 Å². The first-order valence-electron chi connectivity index (χ1n) is 5.82. The summed E-state index contributed by atoms with van der Waals surface area (Å²) in [7, 11) is 0. The zero-order chi connectivity index (χ0) is 13.7. The van der Waals surface area contributed by atoms with Crippen LogP contribution in [-0.2, 0) is 0 Å². The predicted molar refractivity (Wildman–Crippen MR) is 70.5 cm³/mol. The molecule has 2 aromatic rings. The molecule has 2 aromatic heterocycles. The summed E-state index contributed by atoms with van der Waals surface area (Å²) in [4.78, 5) is 19.6. The second-order valence-electron chi connectivity index (χ2n) is 3.78. The third-order valence-corrected chi connectivity index (χ3v) is 2.35. The molecule has 2 heterocycles. The zero-order valence-corrected chi connectivity index (χ0v) is 10.4. The van der Waals surface area contributed by atoms with Crippen molar-refractivity contribution in [3.05, 3.63) is 48.2 Å². The lowest BCUT2D eigenvalue weighted by Crippen LogP contribution is -2.14.